The van der Waals surface area contributed by atoms with Crippen molar-refractivity contribution in [2.45, 2.75) is 6.61 Å². The molecular formula is C12H9N5O4. The normalized spacial score (nSPS) is 13.4. The monoisotopic (exact) mass is 287 g/mol. The van der Waals surface area contributed by atoms with Crippen LogP contribution in [0.5, 0.6) is 5.88 Å². The molecule has 1 aliphatic rings. The lowest BCUT2D eigenvalue weighted by molar-refractivity contribution is 0.0535. The van der Waals surface area contributed by atoms with Gasteiger partial charge in [-0.2, -0.15) is 10.1 Å². The molecule has 0 fully saturated rings. The SMILES string of the molecule is Nc1nc(O)c(N=Nc2ccc3c(c2)COC3=O)c(=O)[nH]1. The topological polar surface area (TPSA) is 143 Å². The Morgan fingerprint density at radius 1 is 1.33 bits per heavy atom. The molecule has 1 aromatic carbocycles. The Morgan fingerprint density at radius 2 is 2.14 bits per heavy atom. The number of cyclic esters (lactones) is 1. The summed E-state index contributed by atoms with van der Waals surface area (Å²) in [6.45, 7) is 0.173. The maximum Gasteiger partial charge on any atom is 0.338 e. The van der Waals surface area contributed by atoms with E-state index in [0.29, 0.717) is 16.8 Å². The number of aromatic nitrogens is 2. The lowest BCUT2D eigenvalue weighted by atomic mass is 10.1. The predicted molar refractivity (Wildman–Crippen MR) is 70.7 cm³/mol. The summed E-state index contributed by atoms with van der Waals surface area (Å²) in [7, 11) is 0. The molecule has 0 aliphatic carbocycles. The van der Waals surface area contributed by atoms with Gasteiger partial charge in [0.05, 0.1) is 11.3 Å². The summed E-state index contributed by atoms with van der Waals surface area (Å²) in [4.78, 5) is 28.5. The zero-order valence-electron chi connectivity index (χ0n) is 10.5. The number of rotatable bonds is 2. The molecule has 0 bridgehead atoms. The van der Waals surface area contributed by atoms with Crippen molar-refractivity contribution < 1.29 is 14.6 Å². The van der Waals surface area contributed by atoms with E-state index in [-0.39, 0.29) is 24.2 Å². The summed E-state index contributed by atoms with van der Waals surface area (Å²) in [5, 5.41) is 17.0. The molecule has 9 nitrogen and oxygen atoms in total. The summed E-state index contributed by atoms with van der Waals surface area (Å²) < 4.78 is 4.86. The van der Waals surface area contributed by atoms with E-state index in [2.05, 4.69) is 20.2 Å². The van der Waals surface area contributed by atoms with Crippen molar-refractivity contribution in [1.82, 2.24) is 9.97 Å². The van der Waals surface area contributed by atoms with Crippen LogP contribution in [-0.2, 0) is 11.3 Å². The minimum atomic E-state index is -0.705. The number of aromatic amines is 1. The Bertz CT molecular complexity index is 827. The second-order valence-electron chi connectivity index (χ2n) is 4.24. The average molecular weight is 287 g/mol. The number of carbonyl (C=O) groups excluding carboxylic acids is 1. The van der Waals surface area contributed by atoms with Crippen molar-refractivity contribution in [2.24, 2.45) is 10.2 Å². The number of carbonyl (C=O) groups is 1. The number of hydrogen-bond acceptors (Lipinski definition) is 8. The molecule has 0 unspecified atom stereocenters. The van der Waals surface area contributed by atoms with Crippen molar-refractivity contribution in [1.29, 1.82) is 0 Å². The molecule has 2 heterocycles. The van der Waals surface area contributed by atoms with Crippen LogP contribution in [0.15, 0.2) is 33.2 Å². The molecule has 21 heavy (non-hydrogen) atoms. The fourth-order valence-electron chi connectivity index (χ4n) is 1.85. The van der Waals surface area contributed by atoms with Crippen molar-refractivity contribution >= 4 is 23.3 Å². The smallest absolute Gasteiger partial charge is 0.338 e. The van der Waals surface area contributed by atoms with E-state index in [1.54, 1.807) is 18.2 Å². The first-order valence-electron chi connectivity index (χ1n) is 5.85. The van der Waals surface area contributed by atoms with Crippen molar-refractivity contribution in [3.05, 3.63) is 39.7 Å². The fraction of sp³-hybridized carbons (Fsp3) is 0.0833. The van der Waals surface area contributed by atoms with Crippen molar-refractivity contribution in [2.75, 3.05) is 5.73 Å². The van der Waals surface area contributed by atoms with Gasteiger partial charge in [-0.15, -0.1) is 5.11 Å². The first kappa shape index (κ1) is 12.8. The Hall–Kier alpha value is -3.23. The van der Waals surface area contributed by atoms with E-state index in [0.717, 1.165) is 0 Å². The molecule has 106 valence electrons. The zero-order valence-corrected chi connectivity index (χ0v) is 10.5. The second kappa shape index (κ2) is 4.71. The summed E-state index contributed by atoms with van der Waals surface area (Å²) >= 11 is 0. The standard InChI is InChI=1S/C12H9N5O4/c13-12-14-9(18)8(10(19)15-12)17-16-6-1-2-7-5(3-6)4-21-11(7)20/h1-3H,4H2,(H4,13,14,15,18,19). The number of azo groups is 1. The highest BCUT2D eigenvalue weighted by molar-refractivity contribution is 5.93. The maximum absolute atomic E-state index is 11.6. The number of hydrogen-bond donors (Lipinski definition) is 3. The first-order valence-corrected chi connectivity index (χ1v) is 5.85. The van der Waals surface area contributed by atoms with Crippen LogP contribution in [0.25, 0.3) is 0 Å². The quantitative estimate of drug-likeness (QED) is 0.558. The molecule has 4 N–H and O–H groups in total. The molecule has 0 amide bonds. The van der Waals surface area contributed by atoms with Crippen LogP contribution in [0.2, 0.25) is 0 Å². The number of nitrogens with zero attached hydrogens (tertiary/aromatic N) is 3. The van der Waals surface area contributed by atoms with Crippen LogP contribution in [-0.4, -0.2) is 21.0 Å². The number of H-pyrrole nitrogens is 1. The second-order valence-corrected chi connectivity index (χ2v) is 4.24. The van der Waals surface area contributed by atoms with Crippen LogP contribution >= 0.6 is 0 Å². The highest BCUT2D eigenvalue weighted by atomic mass is 16.5. The van der Waals surface area contributed by atoms with Crippen LogP contribution in [0.4, 0.5) is 17.3 Å². The van der Waals surface area contributed by atoms with Crippen LogP contribution < -0.4 is 11.3 Å². The molecule has 0 spiro atoms. The minimum Gasteiger partial charge on any atom is -0.491 e. The number of ether oxygens (including phenoxy) is 1. The number of nitrogens with one attached hydrogen (secondary N) is 1. The number of anilines is 1. The number of nitrogens with two attached hydrogens (primary N) is 1. The molecule has 0 saturated heterocycles. The lowest BCUT2D eigenvalue weighted by Gasteiger charge is -1.98. The van der Waals surface area contributed by atoms with Gasteiger partial charge in [-0.05, 0) is 18.2 Å². The van der Waals surface area contributed by atoms with Crippen LogP contribution in [0.1, 0.15) is 15.9 Å². The van der Waals surface area contributed by atoms with Gasteiger partial charge in [0.1, 0.15) is 6.61 Å². The third-order valence-corrected chi connectivity index (χ3v) is 2.83. The van der Waals surface area contributed by atoms with E-state index in [1.165, 1.54) is 0 Å². The molecule has 1 aliphatic heterocycles. The Balaban J connectivity index is 1.94. The Morgan fingerprint density at radius 3 is 2.90 bits per heavy atom. The molecule has 0 atom stereocenters. The van der Waals surface area contributed by atoms with Crippen LogP contribution in [0, 0.1) is 0 Å². The molecule has 9 heteroatoms. The Kier molecular flexibility index (Phi) is 2.87. The third-order valence-electron chi connectivity index (χ3n) is 2.83. The number of esters is 1. The number of benzene rings is 1. The molecule has 0 saturated carbocycles. The maximum atomic E-state index is 11.6. The van der Waals surface area contributed by atoms with Gasteiger partial charge in [0, 0.05) is 5.56 Å². The largest absolute Gasteiger partial charge is 0.491 e. The molecule has 1 aromatic heterocycles. The third kappa shape index (κ3) is 2.31. The first-order chi connectivity index (χ1) is 10.0. The highest BCUT2D eigenvalue weighted by Crippen LogP contribution is 2.27. The van der Waals surface area contributed by atoms with E-state index < -0.39 is 11.4 Å². The van der Waals surface area contributed by atoms with Crippen molar-refractivity contribution in [3.8, 4) is 5.88 Å². The minimum absolute atomic E-state index is 0.173. The highest BCUT2D eigenvalue weighted by Gasteiger charge is 2.20. The number of aromatic hydroxyl groups is 1. The fourth-order valence-corrected chi connectivity index (χ4v) is 1.85. The Labute approximate surface area is 117 Å². The molecule has 0 radical (unpaired) electrons. The van der Waals surface area contributed by atoms with E-state index in [1.807, 2.05) is 0 Å². The van der Waals surface area contributed by atoms with Crippen LogP contribution in [0.3, 0.4) is 0 Å². The summed E-state index contributed by atoms with van der Waals surface area (Å²) in [5.74, 6) is -1.21. The number of nitrogen functional groups attached to an aromatic ring is 1. The summed E-state index contributed by atoms with van der Waals surface area (Å²) in [6, 6.07) is 4.72. The van der Waals surface area contributed by atoms with Gasteiger partial charge in [-0.1, -0.05) is 0 Å². The van der Waals surface area contributed by atoms with Gasteiger partial charge < -0.3 is 15.6 Å². The summed E-state index contributed by atoms with van der Waals surface area (Å²) in [6.07, 6.45) is 0. The zero-order chi connectivity index (χ0) is 15.0. The van der Waals surface area contributed by atoms with Gasteiger partial charge in [-0.25, -0.2) is 4.79 Å². The number of fused-ring (bicyclic) bond motifs is 1. The predicted octanol–water partition coefficient (Wildman–Crippen LogP) is 1.14. The van der Waals surface area contributed by atoms with Gasteiger partial charge >= 0.3 is 5.97 Å². The van der Waals surface area contributed by atoms with Gasteiger partial charge in [0.15, 0.2) is 0 Å². The van der Waals surface area contributed by atoms with E-state index in [9.17, 15) is 14.7 Å². The molecular weight excluding hydrogens is 278 g/mol. The van der Waals surface area contributed by atoms with Gasteiger partial charge in [-0.3, -0.25) is 9.78 Å². The van der Waals surface area contributed by atoms with E-state index >= 15 is 0 Å². The average Bonchev–Trinajstić information content (AvgIpc) is 2.79. The van der Waals surface area contributed by atoms with E-state index in [4.69, 9.17) is 10.5 Å². The lowest BCUT2D eigenvalue weighted by Crippen LogP contribution is -2.09. The molecule has 3 rings (SSSR count). The molecule has 2 aromatic rings. The van der Waals surface area contributed by atoms with Gasteiger partial charge in [0.2, 0.25) is 17.5 Å². The van der Waals surface area contributed by atoms with Crippen molar-refractivity contribution in [3.63, 3.8) is 0 Å². The van der Waals surface area contributed by atoms with Gasteiger partial charge in [0.25, 0.3) is 5.56 Å². The summed E-state index contributed by atoms with van der Waals surface area (Å²) in [5.41, 5.74) is 5.78.